The van der Waals surface area contributed by atoms with Crippen LogP contribution in [0, 0.1) is 11.6 Å². The summed E-state index contributed by atoms with van der Waals surface area (Å²) in [7, 11) is 0. The Morgan fingerprint density at radius 2 is 1.64 bits per heavy atom. The van der Waals surface area contributed by atoms with E-state index in [0.29, 0.717) is 54.9 Å². The maximum atomic E-state index is 14.6. The molecule has 4 aromatic rings. The second-order valence-corrected chi connectivity index (χ2v) is 15.0. The lowest BCUT2D eigenvalue weighted by Crippen LogP contribution is -2.47. The summed E-state index contributed by atoms with van der Waals surface area (Å²) in [6, 6.07) is 12.9. The van der Waals surface area contributed by atoms with Gasteiger partial charge >= 0.3 is 0 Å². The number of aromatic nitrogens is 3. The topological polar surface area (TPSA) is 127 Å². The van der Waals surface area contributed by atoms with Crippen LogP contribution < -0.4 is 20.9 Å². The number of benzene rings is 2. The molecule has 2 aromatic carbocycles. The van der Waals surface area contributed by atoms with E-state index in [-0.39, 0.29) is 29.8 Å². The maximum absolute atomic E-state index is 14.6. The molecule has 0 spiro atoms. The zero-order valence-electron chi connectivity index (χ0n) is 31.3. The highest BCUT2D eigenvalue weighted by molar-refractivity contribution is 6.01. The number of piperidine rings is 1. The minimum absolute atomic E-state index is 0.206. The molecule has 5 heterocycles. The normalized spacial score (nSPS) is 19.6. The molecule has 0 aliphatic carbocycles. The molecule has 3 aliphatic rings. The fourth-order valence-electron chi connectivity index (χ4n) is 7.95. The van der Waals surface area contributed by atoms with Crippen molar-refractivity contribution in [2.24, 2.45) is 0 Å². The predicted octanol–water partition coefficient (Wildman–Crippen LogP) is 5.45. The molecule has 1 unspecified atom stereocenters. The van der Waals surface area contributed by atoms with Crippen LogP contribution in [0.4, 0.5) is 20.3 Å². The molecule has 3 N–H and O–H groups in total. The van der Waals surface area contributed by atoms with Gasteiger partial charge in [-0.05, 0) is 80.6 Å². The molecule has 3 fully saturated rings. The third kappa shape index (κ3) is 9.84. The van der Waals surface area contributed by atoms with Crippen molar-refractivity contribution < 1.29 is 23.2 Å². The fraction of sp³-hybridized carbons (Fsp3) is 0.488. The summed E-state index contributed by atoms with van der Waals surface area (Å²) in [4.78, 5) is 48.3. The number of unbranched alkanes of at least 4 members (excludes halogenated alkanes) is 5. The smallest absolute Gasteiger partial charge is 0.256 e. The third-order valence-corrected chi connectivity index (χ3v) is 11.1. The number of hydrogen-bond acceptors (Lipinski definition) is 9. The monoisotopic (exact) mass is 755 g/mol. The first-order chi connectivity index (χ1) is 26.8. The maximum Gasteiger partial charge on any atom is 0.256 e. The summed E-state index contributed by atoms with van der Waals surface area (Å²) in [5.41, 5.74) is 3.29. The molecule has 0 bridgehead atoms. The van der Waals surface area contributed by atoms with Gasteiger partial charge in [-0.25, -0.2) is 18.3 Å². The van der Waals surface area contributed by atoms with Crippen molar-refractivity contribution in [3.05, 3.63) is 89.2 Å². The van der Waals surface area contributed by atoms with Gasteiger partial charge in [0, 0.05) is 69.7 Å². The average Bonchev–Trinajstić information content (AvgIpc) is 3.85. The predicted molar refractivity (Wildman–Crippen MR) is 207 cm³/mol. The standard InChI is InChI=1S/C41H51F2N9O3/c42-30-11-14-34(43)32(26-30)36-8-7-20-51(36)37-17-21-52-39(47-37)33(27-45-52)40(54)44-18-5-3-1-2-4-6-19-49-22-24-50(25-23-49)28-29-9-12-31(13-10-29)46-35-15-16-38(53)48-41(35)55/h9-14,17,21,26-27,35-36,46H,1-8,15-16,18-20,22-25,28H2,(H,44,54)(H,48,53,55)/t35?,36-/m1/s1. The van der Waals surface area contributed by atoms with Crippen LogP contribution >= 0.6 is 0 Å². The van der Waals surface area contributed by atoms with Crippen LogP contribution in [0.25, 0.3) is 5.65 Å². The van der Waals surface area contributed by atoms with E-state index in [1.54, 1.807) is 16.8 Å². The number of rotatable bonds is 16. The van der Waals surface area contributed by atoms with Crippen molar-refractivity contribution in [1.29, 1.82) is 0 Å². The molecule has 0 radical (unpaired) electrons. The molecule has 55 heavy (non-hydrogen) atoms. The summed E-state index contributed by atoms with van der Waals surface area (Å²) < 4.78 is 30.2. The first kappa shape index (κ1) is 38.3. The molecule has 0 saturated carbocycles. The molecule has 14 heteroatoms. The first-order valence-corrected chi connectivity index (χ1v) is 19.8. The van der Waals surface area contributed by atoms with Crippen LogP contribution in [-0.4, -0.2) is 94.0 Å². The lowest BCUT2D eigenvalue weighted by molar-refractivity contribution is -0.133. The van der Waals surface area contributed by atoms with Crippen LogP contribution in [0.1, 0.15) is 91.7 Å². The second kappa shape index (κ2) is 18.1. The van der Waals surface area contributed by atoms with Crippen molar-refractivity contribution in [2.75, 3.05) is 56.0 Å². The molecule has 2 atom stereocenters. The highest BCUT2D eigenvalue weighted by Gasteiger charge is 2.30. The SMILES string of the molecule is O=C1CCC(Nc2ccc(CN3CCN(CCCCCCCCNC(=O)c4cnn5ccc(N6CCC[C@@H]6c6cc(F)ccc6F)nc45)CC3)cc2)C(=O)N1. The van der Waals surface area contributed by atoms with Gasteiger partial charge in [0.25, 0.3) is 5.91 Å². The number of nitrogens with one attached hydrogen (secondary N) is 3. The molecular weight excluding hydrogens is 705 g/mol. The van der Waals surface area contributed by atoms with E-state index in [2.05, 4.69) is 43.0 Å². The zero-order chi connectivity index (χ0) is 38.1. The molecule has 12 nitrogen and oxygen atoms in total. The van der Waals surface area contributed by atoms with Crippen LogP contribution in [0.15, 0.2) is 60.9 Å². The van der Waals surface area contributed by atoms with Gasteiger partial charge in [-0.15, -0.1) is 0 Å². The molecule has 3 amide bonds. The van der Waals surface area contributed by atoms with Gasteiger partial charge in [-0.3, -0.25) is 24.6 Å². The van der Waals surface area contributed by atoms with Crippen LogP contribution in [0.2, 0.25) is 0 Å². The summed E-state index contributed by atoms with van der Waals surface area (Å²) in [6.45, 7) is 7.52. The van der Waals surface area contributed by atoms with E-state index in [1.807, 2.05) is 17.0 Å². The Hall–Kier alpha value is -4.95. The number of piperazine rings is 1. The quantitative estimate of drug-likeness (QED) is 0.101. The number of fused-ring (bicyclic) bond motifs is 1. The van der Waals surface area contributed by atoms with Crippen molar-refractivity contribution in [3.63, 3.8) is 0 Å². The Balaban J connectivity index is 0.753. The Labute approximate surface area is 320 Å². The number of carbonyl (C=O) groups is 3. The number of carbonyl (C=O) groups excluding carboxylic acids is 3. The molecule has 3 saturated heterocycles. The van der Waals surface area contributed by atoms with E-state index in [9.17, 15) is 23.2 Å². The molecule has 292 valence electrons. The molecule has 7 rings (SSSR count). The first-order valence-electron chi connectivity index (χ1n) is 19.8. The van der Waals surface area contributed by atoms with E-state index in [1.165, 1.54) is 43.2 Å². The molecule has 3 aliphatic heterocycles. The molecular formula is C41H51F2N9O3. The van der Waals surface area contributed by atoms with E-state index in [0.717, 1.165) is 76.7 Å². The highest BCUT2D eigenvalue weighted by Crippen LogP contribution is 2.37. The number of amides is 3. The Bertz CT molecular complexity index is 1950. The van der Waals surface area contributed by atoms with Gasteiger partial charge in [-0.2, -0.15) is 5.10 Å². The van der Waals surface area contributed by atoms with Gasteiger partial charge in [0.15, 0.2) is 5.65 Å². The van der Waals surface area contributed by atoms with Crippen molar-refractivity contribution >= 4 is 34.9 Å². The lowest BCUT2D eigenvalue weighted by atomic mass is 10.0. The van der Waals surface area contributed by atoms with Gasteiger partial charge in [0.2, 0.25) is 11.8 Å². The lowest BCUT2D eigenvalue weighted by Gasteiger charge is -2.34. The Kier molecular flexibility index (Phi) is 12.6. The van der Waals surface area contributed by atoms with Gasteiger partial charge in [0.1, 0.15) is 29.1 Å². The van der Waals surface area contributed by atoms with Gasteiger partial charge in [0.05, 0.1) is 12.2 Å². The number of nitrogens with zero attached hydrogens (tertiary/aromatic N) is 6. The molecule has 2 aromatic heterocycles. The van der Waals surface area contributed by atoms with E-state index < -0.39 is 11.6 Å². The number of anilines is 2. The van der Waals surface area contributed by atoms with Crippen molar-refractivity contribution in [1.82, 2.24) is 35.0 Å². The largest absolute Gasteiger partial charge is 0.374 e. The summed E-state index contributed by atoms with van der Waals surface area (Å²) in [5.74, 6) is -0.974. The number of halogens is 2. The van der Waals surface area contributed by atoms with E-state index >= 15 is 0 Å². The summed E-state index contributed by atoms with van der Waals surface area (Å²) in [6.07, 6.45) is 12.3. The third-order valence-electron chi connectivity index (χ3n) is 11.1. The Morgan fingerprint density at radius 1 is 0.873 bits per heavy atom. The second-order valence-electron chi connectivity index (χ2n) is 15.0. The number of imide groups is 1. The van der Waals surface area contributed by atoms with Crippen molar-refractivity contribution in [3.8, 4) is 0 Å². The number of hydrogen-bond donors (Lipinski definition) is 3. The Morgan fingerprint density at radius 3 is 2.44 bits per heavy atom. The van der Waals surface area contributed by atoms with E-state index in [4.69, 9.17) is 4.98 Å². The minimum atomic E-state index is -0.468. The minimum Gasteiger partial charge on any atom is -0.374 e. The fourth-order valence-corrected chi connectivity index (χ4v) is 7.95. The summed E-state index contributed by atoms with van der Waals surface area (Å²) >= 11 is 0. The van der Waals surface area contributed by atoms with Gasteiger partial charge in [-0.1, -0.05) is 37.8 Å². The average molecular weight is 756 g/mol. The van der Waals surface area contributed by atoms with Crippen LogP contribution in [0.3, 0.4) is 0 Å². The van der Waals surface area contributed by atoms with Crippen LogP contribution in [-0.2, 0) is 16.1 Å². The van der Waals surface area contributed by atoms with Crippen LogP contribution in [0.5, 0.6) is 0 Å². The zero-order valence-corrected chi connectivity index (χ0v) is 31.3. The summed E-state index contributed by atoms with van der Waals surface area (Å²) in [5, 5.41) is 13.0. The van der Waals surface area contributed by atoms with Crippen molar-refractivity contribution in [2.45, 2.75) is 82.8 Å². The van der Waals surface area contributed by atoms with Gasteiger partial charge < -0.3 is 20.4 Å². The highest BCUT2D eigenvalue weighted by atomic mass is 19.1.